The molecule has 0 spiro atoms. The third-order valence-electron chi connectivity index (χ3n) is 8.53. The lowest BCUT2D eigenvalue weighted by Gasteiger charge is -2.28. The smallest absolute Gasteiger partial charge is 0.346 e. The summed E-state index contributed by atoms with van der Waals surface area (Å²) in [5, 5.41) is 6.19. The zero-order valence-electron chi connectivity index (χ0n) is 24.4. The minimum atomic E-state index is -0.666. The molecule has 0 radical (unpaired) electrons. The fraction of sp³-hybridized carbons (Fsp3) is 0.314. The molecule has 2 aliphatic rings. The predicted molar refractivity (Wildman–Crippen MR) is 165 cm³/mol. The highest BCUT2D eigenvalue weighted by Gasteiger charge is 2.35. The van der Waals surface area contributed by atoms with Crippen LogP contribution in [0, 0.1) is 0 Å². The maximum Gasteiger partial charge on any atom is 0.346 e. The Morgan fingerprint density at radius 1 is 0.523 bits per heavy atom. The molecule has 0 atom stereocenters. The Labute approximate surface area is 252 Å². The summed E-state index contributed by atoms with van der Waals surface area (Å²) in [6.45, 7) is 5.49. The molecule has 0 aliphatic carbocycles. The van der Waals surface area contributed by atoms with E-state index in [1.165, 1.54) is 4.90 Å². The van der Waals surface area contributed by atoms with Gasteiger partial charge in [0.1, 0.15) is 0 Å². The molecule has 44 heavy (non-hydrogen) atoms. The molecule has 0 fully saturated rings. The predicted octanol–water partition coefficient (Wildman–Crippen LogP) is 5.88. The zero-order chi connectivity index (χ0) is 30.4. The van der Waals surface area contributed by atoms with Gasteiger partial charge >= 0.3 is 11.9 Å². The van der Waals surface area contributed by atoms with Gasteiger partial charge in [-0.3, -0.25) is 14.5 Å². The van der Waals surface area contributed by atoms with Crippen LogP contribution in [-0.4, -0.2) is 74.8 Å². The third kappa shape index (κ3) is 4.51. The number of nitrogens with zero attached hydrogens (tertiary/aromatic N) is 1. The quantitative estimate of drug-likeness (QED) is 0.0416. The largest absolute Gasteiger partial charge is 0.386 e. The van der Waals surface area contributed by atoms with Gasteiger partial charge in [0, 0.05) is 41.7 Å². The molecule has 0 saturated carbocycles. The van der Waals surface area contributed by atoms with E-state index < -0.39 is 11.9 Å². The molecular weight excluding hydrogens is 562 g/mol. The van der Waals surface area contributed by atoms with Crippen molar-refractivity contribution in [1.29, 1.82) is 0 Å². The van der Waals surface area contributed by atoms with Crippen molar-refractivity contribution < 1.29 is 38.1 Å². The average Bonchev–Trinajstić information content (AvgIpc) is 3.03. The first-order chi connectivity index (χ1) is 21.5. The van der Waals surface area contributed by atoms with Crippen LogP contribution in [0.4, 0.5) is 0 Å². The number of hydrogen-bond donors (Lipinski definition) is 0. The van der Waals surface area contributed by atoms with Crippen molar-refractivity contribution in [3.8, 4) is 0 Å². The van der Waals surface area contributed by atoms with Crippen LogP contribution in [0.5, 0.6) is 0 Å². The lowest BCUT2D eigenvalue weighted by molar-refractivity contribution is 0.0126. The first-order valence-corrected chi connectivity index (χ1v) is 15.1. The van der Waals surface area contributed by atoms with Gasteiger partial charge < -0.3 is 18.9 Å². The average molecular weight is 594 g/mol. The van der Waals surface area contributed by atoms with Crippen molar-refractivity contribution in [3.05, 3.63) is 70.8 Å². The minimum Gasteiger partial charge on any atom is -0.386 e. The van der Waals surface area contributed by atoms with Crippen LogP contribution in [0.1, 0.15) is 67.6 Å². The van der Waals surface area contributed by atoms with Gasteiger partial charge in [-0.05, 0) is 69.4 Å². The summed E-state index contributed by atoms with van der Waals surface area (Å²) < 4.78 is 21.6. The molecule has 5 aromatic rings. The van der Waals surface area contributed by atoms with Gasteiger partial charge in [0.15, 0.2) is 0 Å². The van der Waals surface area contributed by atoms with Gasteiger partial charge in [0.25, 0.3) is 11.8 Å². The number of cyclic esters (lactones) is 2. The van der Waals surface area contributed by atoms with Crippen molar-refractivity contribution in [3.63, 3.8) is 0 Å². The number of fused-ring (bicyclic) bond motifs is 2. The van der Waals surface area contributed by atoms with Gasteiger partial charge in [0.2, 0.25) is 0 Å². The monoisotopic (exact) mass is 593 g/mol. The van der Waals surface area contributed by atoms with E-state index in [2.05, 4.69) is 6.92 Å². The lowest BCUT2D eigenvalue weighted by atomic mass is 9.83. The lowest BCUT2D eigenvalue weighted by Crippen LogP contribution is -2.41. The number of rotatable bonds is 13. The van der Waals surface area contributed by atoms with Gasteiger partial charge in [0.05, 0.1) is 37.6 Å². The first kappa shape index (κ1) is 28.3. The normalized spacial score (nSPS) is 14.6. The highest BCUT2D eigenvalue weighted by atomic mass is 16.6. The molecule has 224 valence electrons. The van der Waals surface area contributed by atoms with Gasteiger partial charge in [-0.25, -0.2) is 9.59 Å². The minimum absolute atomic E-state index is 0.242. The van der Waals surface area contributed by atoms with Crippen molar-refractivity contribution >= 4 is 66.8 Å². The molecule has 0 aromatic heterocycles. The molecule has 7 rings (SSSR count). The number of esters is 2. The number of unbranched alkanes of at least 4 members (excludes halogenated alkanes) is 1. The summed E-state index contributed by atoms with van der Waals surface area (Å²) in [7, 11) is 0. The van der Waals surface area contributed by atoms with Crippen molar-refractivity contribution in [1.82, 2.24) is 4.90 Å². The second-order valence-electron chi connectivity index (χ2n) is 11.1. The second-order valence-corrected chi connectivity index (χ2v) is 11.1. The maximum atomic E-state index is 13.7. The molecule has 2 aliphatic heterocycles. The van der Waals surface area contributed by atoms with Crippen molar-refractivity contribution in [2.45, 2.75) is 26.2 Å². The van der Waals surface area contributed by atoms with Crippen LogP contribution in [-0.2, 0) is 18.9 Å². The van der Waals surface area contributed by atoms with Crippen molar-refractivity contribution in [2.24, 2.45) is 0 Å². The van der Waals surface area contributed by atoms with Crippen LogP contribution in [0.15, 0.2) is 48.5 Å². The van der Waals surface area contributed by atoms with E-state index in [9.17, 15) is 19.2 Å². The van der Waals surface area contributed by atoms with E-state index in [1.54, 1.807) is 24.3 Å². The van der Waals surface area contributed by atoms with Gasteiger partial charge in [-0.1, -0.05) is 37.6 Å². The SMILES string of the molecule is CCCCOCCOCCOCCCN1C(=O)c2ccc3c4ccc5c6c(ccc(c7ccc(c2c37)C1=O)c64)C(=O)OC5=O. The summed E-state index contributed by atoms with van der Waals surface area (Å²) in [5.41, 5.74) is 1.64. The van der Waals surface area contributed by atoms with E-state index in [0.717, 1.165) is 51.8 Å². The Kier molecular flexibility index (Phi) is 7.45. The number of carbonyl (C=O) groups is 4. The third-order valence-corrected chi connectivity index (χ3v) is 8.53. The zero-order valence-corrected chi connectivity index (χ0v) is 24.4. The highest BCUT2D eigenvalue weighted by molar-refractivity contribution is 6.40. The molecule has 0 saturated heterocycles. The molecule has 0 unspecified atom stereocenters. The van der Waals surface area contributed by atoms with Crippen LogP contribution in [0.2, 0.25) is 0 Å². The summed E-state index contributed by atoms with van der Waals surface area (Å²) in [5.74, 6) is -2.00. The van der Waals surface area contributed by atoms with Crippen LogP contribution < -0.4 is 0 Å². The fourth-order valence-electron chi connectivity index (χ4n) is 6.48. The standard InChI is InChI=1S/C35H31NO8/c1-2-3-14-41-16-18-43-19-17-42-15-4-13-36-32(37)24-9-5-20-22-7-11-26-31-27(35(40)44-34(26)39)12-8-23(29(22)31)21-6-10-25(33(36)38)30(24)28(20)21/h5-12H,2-4,13-19H2,1H3. The summed E-state index contributed by atoms with van der Waals surface area (Å²) in [6.07, 6.45) is 2.66. The van der Waals surface area contributed by atoms with Gasteiger partial charge in [-0.15, -0.1) is 0 Å². The number of hydrogen-bond acceptors (Lipinski definition) is 8. The molecule has 9 heteroatoms. The van der Waals surface area contributed by atoms with E-state index in [1.807, 2.05) is 24.3 Å². The highest BCUT2D eigenvalue weighted by Crippen LogP contribution is 2.45. The fourth-order valence-corrected chi connectivity index (χ4v) is 6.48. The van der Waals surface area contributed by atoms with E-state index >= 15 is 0 Å². The molecule has 0 N–H and O–H groups in total. The van der Waals surface area contributed by atoms with Crippen molar-refractivity contribution in [2.75, 3.05) is 46.2 Å². The van der Waals surface area contributed by atoms with Crippen LogP contribution in [0.25, 0.3) is 43.1 Å². The maximum absolute atomic E-state index is 13.7. The molecule has 0 bridgehead atoms. The summed E-state index contributed by atoms with van der Waals surface area (Å²) in [6, 6.07) is 14.4. The Balaban J connectivity index is 1.12. The second kappa shape index (κ2) is 11.6. The molecule has 5 aromatic carbocycles. The van der Waals surface area contributed by atoms with Crippen LogP contribution >= 0.6 is 0 Å². The summed E-state index contributed by atoms with van der Waals surface area (Å²) in [4.78, 5) is 53.7. The Morgan fingerprint density at radius 2 is 0.932 bits per heavy atom. The Bertz CT molecular complexity index is 1860. The summed E-state index contributed by atoms with van der Waals surface area (Å²) >= 11 is 0. The van der Waals surface area contributed by atoms with E-state index in [0.29, 0.717) is 72.5 Å². The number of amides is 2. The molecule has 9 nitrogen and oxygen atoms in total. The van der Waals surface area contributed by atoms with E-state index in [-0.39, 0.29) is 18.4 Å². The van der Waals surface area contributed by atoms with Crippen LogP contribution in [0.3, 0.4) is 0 Å². The number of ether oxygens (including phenoxy) is 4. The number of benzene rings is 5. The molecule has 2 heterocycles. The topological polar surface area (TPSA) is 108 Å². The molecule has 2 amide bonds. The molecular formula is C35H31NO8. The number of carbonyl (C=O) groups excluding carboxylic acids is 4. The Morgan fingerprint density at radius 3 is 1.41 bits per heavy atom. The van der Waals surface area contributed by atoms with Gasteiger partial charge in [-0.2, -0.15) is 0 Å². The Hall–Kier alpha value is -4.44. The first-order valence-electron chi connectivity index (χ1n) is 15.1. The van der Waals surface area contributed by atoms with E-state index in [4.69, 9.17) is 18.9 Å². The number of imide groups is 1.